The summed E-state index contributed by atoms with van der Waals surface area (Å²) in [6, 6.07) is 16.9. The van der Waals surface area contributed by atoms with Gasteiger partial charge < -0.3 is 10.1 Å². The molecule has 1 unspecified atom stereocenters. The molecule has 0 radical (unpaired) electrons. The van der Waals surface area contributed by atoms with Crippen molar-refractivity contribution in [2.75, 3.05) is 14.2 Å². The normalized spacial score (nSPS) is 12.3. The molecule has 2 aromatic carbocycles. The van der Waals surface area contributed by atoms with Gasteiger partial charge in [-0.2, -0.15) is 0 Å². The highest BCUT2D eigenvalue weighted by molar-refractivity contribution is 5.86. The molecule has 0 saturated carbocycles. The zero-order chi connectivity index (χ0) is 14.7. The summed E-state index contributed by atoms with van der Waals surface area (Å²) in [5.74, 6) is 0.771. The van der Waals surface area contributed by atoms with Crippen molar-refractivity contribution < 1.29 is 4.74 Å². The van der Waals surface area contributed by atoms with Crippen molar-refractivity contribution in [2.24, 2.45) is 0 Å². The Hall–Kier alpha value is -2.39. The maximum Gasteiger partial charge on any atom is 0.137 e. The van der Waals surface area contributed by atoms with Gasteiger partial charge in [0.05, 0.1) is 19.3 Å². The largest absolute Gasteiger partial charge is 0.495 e. The number of benzene rings is 2. The molecule has 1 atom stereocenters. The molecule has 106 valence electrons. The number of aromatic nitrogens is 1. The molecule has 0 saturated heterocycles. The fourth-order valence-corrected chi connectivity index (χ4v) is 2.71. The highest BCUT2D eigenvalue weighted by atomic mass is 16.5. The van der Waals surface area contributed by atoms with Crippen molar-refractivity contribution in [3.05, 3.63) is 72.1 Å². The van der Waals surface area contributed by atoms with Crippen molar-refractivity contribution in [2.45, 2.75) is 6.04 Å². The van der Waals surface area contributed by atoms with Gasteiger partial charge in [0.25, 0.3) is 0 Å². The van der Waals surface area contributed by atoms with E-state index in [0.717, 1.165) is 11.3 Å². The summed E-state index contributed by atoms with van der Waals surface area (Å²) in [6.07, 6.45) is 3.60. The molecule has 0 amide bonds. The number of hydrogen-bond acceptors (Lipinski definition) is 3. The summed E-state index contributed by atoms with van der Waals surface area (Å²) in [6.45, 7) is 0. The van der Waals surface area contributed by atoms with Gasteiger partial charge in [0, 0.05) is 6.20 Å². The number of rotatable bonds is 4. The maximum atomic E-state index is 5.28. The molecule has 1 aromatic heterocycles. The average molecular weight is 278 g/mol. The second kappa shape index (κ2) is 5.94. The molecule has 1 N–H and O–H groups in total. The minimum atomic E-state index is 0.0821. The second-order valence-electron chi connectivity index (χ2n) is 4.95. The molecule has 21 heavy (non-hydrogen) atoms. The Morgan fingerprint density at radius 2 is 1.86 bits per heavy atom. The molecule has 0 aliphatic heterocycles. The first-order valence-electron chi connectivity index (χ1n) is 6.97. The maximum absolute atomic E-state index is 5.28. The summed E-state index contributed by atoms with van der Waals surface area (Å²) < 4.78 is 5.28. The van der Waals surface area contributed by atoms with Crippen molar-refractivity contribution in [3.8, 4) is 5.75 Å². The van der Waals surface area contributed by atoms with Gasteiger partial charge in [0.2, 0.25) is 0 Å². The molecule has 0 fully saturated rings. The highest BCUT2D eigenvalue weighted by Gasteiger charge is 2.15. The number of nitrogens with zero attached hydrogens (tertiary/aromatic N) is 1. The zero-order valence-electron chi connectivity index (χ0n) is 12.2. The number of fused-ring (bicyclic) bond motifs is 1. The summed E-state index contributed by atoms with van der Waals surface area (Å²) in [4.78, 5) is 4.26. The smallest absolute Gasteiger partial charge is 0.137 e. The van der Waals surface area contributed by atoms with Gasteiger partial charge in [-0.3, -0.25) is 4.98 Å². The Balaban J connectivity index is 2.13. The third-order valence-corrected chi connectivity index (χ3v) is 3.73. The van der Waals surface area contributed by atoms with E-state index in [0.29, 0.717) is 0 Å². The van der Waals surface area contributed by atoms with E-state index >= 15 is 0 Å². The fraction of sp³-hybridized carbons (Fsp3) is 0.167. The first-order chi connectivity index (χ1) is 10.3. The standard InChI is InChI=1S/C18H18N2O/c1-19-18(14-10-15(21-2)12-20-11-14)17-9-5-7-13-6-3-4-8-16(13)17/h3-12,18-19H,1-2H3. The van der Waals surface area contributed by atoms with E-state index < -0.39 is 0 Å². The topological polar surface area (TPSA) is 34.2 Å². The van der Waals surface area contributed by atoms with Crippen molar-refractivity contribution in [1.29, 1.82) is 0 Å². The SMILES string of the molecule is CNC(c1cncc(OC)c1)c1cccc2ccccc12. The number of methoxy groups -OCH3 is 1. The number of hydrogen-bond donors (Lipinski definition) is 1. The van der Waals surface area contributed by atoms with Gasteiger partial charge >= 0.3 is 0 Å². The Kier molecular flexibility index (Phi) is 3.84. The van der Waals surface area contributed by atoms with Gasteiger partial charge in [-0.25, -0.2) is 0 Å². The van der Waals surface area contributed by atoms with E-state index in [9.17, 15) is 0 Å². The van der Waals surface area contributed by atoms with Crippen LogP contribution in [0, 0.1) is 0 Å². The van der Waals surface area contributed by atoms with Crippen molar-refractivity contribution >= 4 is 10.8 Å². The molecule has 3 aromatic rings. The van der Waals surface area contributed by atoms with E-state index in [1.54, 1.807) is 13.3 Å². The van der Waals surface area contributed by atoms with Gasteiger partial charge in [0.1, 0.15) is 5.75 Å². The van der Waals surface area contributed by atoms with E-state index in [1.807, 2.05) is 19.3 Å². The molecule has 0 bridgehead atoms. The summed E-state index contributed by atoms with van der Waals surface area (Å²) >= 11 is 0. The lowest BCUT2D eigenvalue weighted by atomic mass is 9.94. The van der Waals surface area contributed by atoms with Crippen molar-refractivity contribution in [3.63, 3.8) is 0 Å². The molecule has 0 spiro atoms. The van der Waals surface area contributed by atoms with Crippen LogP contribution in [0.1, 0.15) is 17.2 Å². The van der Waals surface area contributed by atoms with Crippen LogP contribution in [0.15, 0.2) is 60.9 Å². The second-order valence-corrected chi connectivity index (χ2v) is 4.95. The average Bonchev–Trinajstić information content (AvgIpc) is 2.56. The predicted octanol–water partition coefficient (Wildman–Crippen LogP) is 3.55. The third-order valence-electron chi connectivity index (χ3n) is 3.73. The predicted molar refractivity (Wildman–Crippen MR) is 85.6 cm³/mol. The lowest BCUT2D eigenvalue weighted by Crippen LogP contribution is -2.18. The molecular formula is C18H18N2O. The van der Waals surface area contributed by atoms with Crippen LogP contribution in [0.3, 0.4) is 0 Å². The zero-order valence-corrected chi connectivity index (χ0v) is 12.2. The first-order valence-corrected chi connectivity index (χ1v) is 6.97. The molecule has 0 aliphatic carbocycles. The molecule has 3 nitrogen and oxygen atoms in total. The Morgan fingerprint density at radius 1 is 1.05 bits per heavy atom. The lowest BCUT2D eigenvalue weighted by Gasteiger charge is -2.19. The Bertz CT molecular complexity index is 750. The van der Waals surface area contributed by atoms with Crippen LogP contribution in [-0.2, 0) is 0 Å². The summed E-state index contributed by atoms with van der Waals surface area (Å²) in [7, 11) is 3.62. The quantitative estimate of drug-likeness (QED) is 0.792. The lowest BCUT2D eigenvalue weighted by molar-refractivity contribution is 0.411. The molecule has 1 heterocycles. The van der Waals surface area contributed by atoms with Crippen LogP contribution in [0.2, 0.25) is 0 Å². The monoisotopic (exact) mass is 278 g/mol. The van der Waals surface area contributed by atoms with Gasteiger partial charge in [0.15, 0.2) is 0 Å². The van der Waals surface area contributed by atoms with Gasteiger partial charge in [-0.15, -0.1) is 0 Å². The number of nitrogens with one attached hydrogen (secondary N) is 1. The van der Waals surface area contributed by atoms with Crippen LogP contribution in [0.5, 0.6) is 5.75 Å². The Morgan fingerprint density at radius 3 is 2.67 bits per heavy atom. The van der Waals surface area contributed by atoms with Crippen LogP contribution >= 0.6 is 0 Å². The molecular weight excluding hydrogens is 260 g/mol. The molecule has 0 aliphatic rings. The summed E-state index contributed by atoms with van der Waals surface area (Å²) in [5, 5.41) is 5.88. The minimum absolute atomic E-state index is 0.0821. The van der Waals surface area contributed by atoms with E-state index in [2.05, 4.69) is 52.8 Å². The third kappa shape index (κ3) is 2.60. The van der Waals surface area contributed by atoms with E-state index in [1.165, 1.54) is 16.3 Å². The van der Waals surface area contributed by atoms with Crippen LogP contribution in [-0.4, -0.2) is 19.1 Å². The number of ether oxygens (including phenoxy) is 1. The fourth-order valence-electron chi connectivity index (χ4n) is 2.71. The van der Waals surface area contributed by atoms with Crippen LogP contribution in [0.25, 0.3) is 10.8 Å². The van der Waals surface area contributed by atoms with Crippen LogP contribution < -0.4 is 10.1 Å². The Labute approximate surface area is 124 Å². The molecule has 3 heteroatoms. The van der Waals surface area contributed by atoms with Crippen LogP contribution in [0.4, 0.5) is 0 Å². The van der Waals surface area contributed by atoms with Gasteiger partial charge in [-0.1, -0.05) is 42.5 Å². The van der Waals surface area contributed by atoms with E-state index in [4.69, 9.17) is 4.74 Å². The first kappa shape index (κ1) is 13.6. The highest BCUT2D eigenvalue weighted by Crippen LogP contribution is 2.29. The molecule has 3 rings (SSSR count). The van der Waals surface area contributed by atoms with E-state index in [-0.39, 0.29) is 6.04 Å². The summed E-state index contributed by atoms with van der Waals surface area (Å²) in [5.41, 5.74) is 2.33. The van der Waals surface area contributed by atoms with Gasteiger partial charge in [-0.05, 0) is 35.0 Å². The number of pyridine rings is 1. The minimum Gasteiger partial charge on any atom is -0.495 e. The van der Waals surface area contributed by atoms with Crippen molar-refractivity contribution in [1.82, 2.24) is 10.3 Å².